The number of aryl methyl sites for hydroxylation is 1. The van der Waals surface area contributed by atoms with E-state index in [9.17, 15) is 0 Å². The first-order valence-electron chi connectivity index (χ1n) is 5.87. The van der Waals surface area contributed by atoms with Crippen LogP contribution in [0.2, 0.25) is 5.02 Å². The van der Waals surface area contributed by atoms with Crippen LogP contribution in [-0.2, 0) is 0 Å². The summed E-state index contributed by atoms with van der Waals surface area (Å²) in [6.45, 7) is 2.00. The Bertz CT molecular complexity index is 705. The van der Waals surface area contributed by atoms with Crippen LogP contribution in [0.4, 0.5) is 0 Å². The molecule has 3 aromatic rings. The summed E-state index contributed by atoms with van der Waals surface area (Å²) >= 11 is 6.54. The number of benzene rings is 2. The second-order valence-electron chi connectivity index (χ2n) is 4.27. The highest BCUT2D eigenvalue weighted by atomic mass is 35.5. The Morgan fingerprint density at radius 2 is 1.56 bits per heavy atom. The van der Waals surface area contributed by atoms with Crippen LogP contribution < -0.4 is 0 Å². The van der Waals surface area contributed by atoms with Crippen LogP contribution in [0.5, 0.6) is 0 Å². The molecule has 0 radical (unpaired) electrons. The van der Waals surface area contributed by atoms with Gasteiger partial charge in [-0.1, -0.05) is 60.1 Å². The van der Waals surface area contributed by atoms with Gasteiger partial charge >= 0.3 is 0 Å². The van der Waals surface area contributed by atoms with E-state index in [4.69, 9.17) is 11.6 Å². The van der Waals surface area contributed by atoms with Crippen molar-refractivity contribution in [1.29, 1.82) is 0 Å². The first-order valence-corrected chi connectivity index (χ1v) is 6.25. The molecule has 0 N–H and O–H groups in total. The third-order valence-electron chi connectivity index (χ3n) is 3.07. The number of pyridine rings is 1. The average molecular weight is 254 g/mol. The minimum atomic E-state index is 0.782. The van der Waals surface area contributed by atoms with E-state index in [2.05, 4.69) is 17.1 Å². The maximum absolute atomic E-state index is 6.54. The number of rotatable bonds is 1. The molecule has 2 aromatic carbocycles. The molecule has 0 saturated heterocycles. The number of aromatic nitrogens is 1. The molecule has 0 atom stereocenters. The molecule has 0 saturated carbocycles. The SMILES string of the molecule is Cc1nc2ccccc2c(Cl)c1-c1ccccc1. The van der Waals surface area contributed by atoms with E-state index >= 15 is 0 Å². The quantitative estimate of drug-likeness (QED) is 0.603. The van der Waals surface area contributed by atoms with Crippen molar-refractivity contribution in [1.82, 2.24) is 4.98 Å². The molecule has 0 bridgehead atoms. The average Bonchev–Trinajstić information content (AvgIpc) is 2.40. The van der Waals surface area contributed by atoms with Crippen LogP contribution in [0.1, 0.15) is 5.69 Å². The van der Waals surface area contributed by atoms with Crippen molar-refractivity contribution in [2.75, 3.05) is 0 Å². The van der Waals surface area contributed by atoms with Crippen LogP contribution in [0.3, 0.4) is 0 Å². The number of nitrogens with zero attached hydrogens (tertiary/aromatic N) is 1. The van der Waals surface area contributed by atoms with E-state index in [0.717, 1.165) is 32.7 Å². The lowest BCUT2D eigenvalue weighted by Gasteiger charge is -2.11. The highest BCUT2D eigenvalue weighted by Gasteiger charge is 2.11. The standard InChI is InChI=1S/C16H12ClN/c1-11-15(12-7-3-2-4-8-12)16(17)13-9-5-6-10-14(13)18-11/h2-10H,1H3. The number of hydrogen-bond donors (Lipinski definition) is 0. The van der Waals surface area contributed by atoms with Gasteiger partial charge in [-0.05, 0) is 18.6 Å². The van der Waals surface area contributed by atoms with Crippen molar-refractivity contribution in [3.8, 4) is 11.1 Å². The molecular weight excluding hydrogens is 242 g/mol. The van der Waals surface area contributed by atoms with Gasteiger partial charge in [0, 0.05) is 16.6 Å². The third kappa shape index (κ3) is 1.77. The summed E-state index contributed by atoms with van der Waals surface area (Å²) in [6, 6.07) is 18.1. The topological polar surface area (TPSA) is 12.9 Å². The van der Waals surface area contributed by atoms with Gasteiger partial charge in [0.1, 0.15) is 0 Å². The summed E-state index contributed by atoms with van der Waals surface area (Å²) in [5.74, 6) is 0. The van der Waals surface area contributed by atoms with Crippen molar-refractivity contribution in [3.05, 3.63) is 65.3 Å². The number of hydrogen-bond acceptors (Lipinski definition) is 1. The summed E-state index contributed by atoms with van der Waals surface area (Å²) < 4.78 is 0. The van der Waals surface area contributed by atoms with Gasteiger partial charge in [0.2, 0.25) is 0 Å². The molecule has 0 aliphatic carbocycles. The largest absolute Gasteiger partial charge is 0.252 e. The fraction of sp³-hybridized carbons (Fsp3) is 0.0625. The van der Waals surface area contributed by atoms with Crippen LogP contribution in [0, 0.1) is 6.92 Å². The second kappa shape index (κ2) is 4.43. The highest BCUT2D eigenvalue weighted by Crippen LogP contribution is 2.35. The molecule has 18 heavy (non-hydrogen) atoms. The molecule has 0 fully saturated rings. The van der Waals surface area contributed by atoms with Crippen LogP contribution >= 0.6 is 11.6 Å². The lowest BCUT2D eigenvalue weighted by molar-refractivity contribution is 1.26. The third-order valence-corrected chi connectivity index (χ3v) is 3.47. The zero-order valence-corrected chi connectivity index (χ0v) is 10.8. The molecule has 3 rings (SSSR count). The molecule has 1 heterocycles. The zero-order valence-electron chi connectivity index (χ0n) is 10.0. The van der Waals surface area contributed by atoms with E-state index in [-0.39, 0.29) is 0 Å². The Hall–Kier alpha value is -1.86. The van der Waals surface area contributed by atoms with Gasteiger partial charge in [-0.3, -0.25) is 4.98 Å². The van der Waals surface area contributed by atoms with Crippen molar-refractivity contribution in [3.63, 3.8) is 0 Å². The fourth-order valence-corrected chi connectivity index (χ4v) is 2.63. The first-order chi connectivity index (χ1) is 8.77. The van der Waals surface area contributed by atoms with Gasteiger partial charge < -0.3 is 0 Å². The van der Waals surface area contributed by atoms with Crippen LogP contribution in [0.25, 0.3) is 22.0 Å². The Kier molecular flexibility index (Phi) is 2.77. The monoisotopic (exact) mass is 253 g/mol. The summed E-state index contributed by atoms with van der Waals surface area (Å²) in [5, 5.41) is 1.79. The first kappa shape index (κ1) is 11.2. The fourth-order valence-electron chi connectivity index (χ4n) is 2.23. The van der Waals surface area contributed by atoms with Gasteiger partial charge in [-0.15, -0.1) is 0 Å². The lowest BCUT2D eigenvalue weighted by Crippen LogP contribution is -1.91. The van der Waals surface area contributed by atoms with E-state index in [0.29, 0.717) is 0 Å². The molecule has 0 aliphatic heterocycles. The number of para-hydroxylation sites is 1. The molecule has 0 amide bonds. The van der Waals surface area contributed by atoms with E-state index in [1.165, 1.54) is 0 Å². The predicted octanol–water partition coefficient (Wildman–Crippen LogP) is 4.86. The zero-order chi connectivity index (χ0) is 12.5. The Morgan fingerprint density at radius 3 is 2.33 bits per heavy atom. The summed E-state index contributed by atoms with van der Waals surface area (Å²) in [4.78, 5) is 4.63. The summed E-state index contributed by atoms with van der Waals surface area (Å²) in [5.41, 5.74) is 4.04. The predicted molar refractivity (Wildman–Crippen MR) is 76.9 cm³/mol. The highest BCUT2D eigenvalue weighted by molar-refractivity contribution is 6.38. The van der Waals surface area contributed by atoms with Crippen molar-refractivity contribution >= 4 is 22.5 Å². The molecule has 0 unspecified atom stereocenters. The van der Waals surface area contributed by atoms with Gasteiger partial charge in [-0.25, -0.2) is 0 Å². The molecule has 88 valence electrons. The smallest absolute Gasteiger partial charge is 0.0720 e. The Morgan fingerprint density at radius 1 is 0.889 bits per heavy atom. The van der Waals surface area contributed by atoms with Crippen molar-refractivity contribution in [2.45, 2.75) is 6.92 Å². The molecule has 1 nitrogen and oxygen atoms in total. The molecular formula is C16H12ClN. The van der Waals surface area contributed by atoms with Crippen LogP contribution in [-0.4, -0.2) is 4.98 Å². The minimum absolute atomic E-state index is 0.782. The van der Waals surface area contributed by atoms with E-state index in [1.54, 1.807) is 0 Å². The number of halogens is 1. The van der Waals surface area contributed by atoms with E-state index in [1.807, 2.05) is 49.4 Å². The van der Waals surface area contributed by atoms with E-state index < -0.39 is 0 Å². The Labute approximate surface area is 111 Å². The molecule has 0 spiro atoms. The minimum Gasteiger partial charge on any atom is -0.252 e. The molecule has 1 aromatic heterocycles. The van der Waals surface area contributed by atoms with Gasteiger partial charge in [0.25, 0.3) is 0 Å². The Balaban J connectivity index is 2.37. The van der Waals surface area contributed by atoms with Gasteiger partial charge in [0.05, 0.1) is 10.5 Å². The molecule has 0 aliphatic rings. The second-order valence-corrected chi connectivity index (χ2v) is 4.65. The van der Waals surface area contributed by atoms with Gasteiger partial charge in [0.15, 0.2) is 0 Å². The van der Waals surface area contributed by atoms with Gasteiger partial charge in [-0.2, -0.15) is 0 Å². The van der Waals surface area contributed by atoms with Crippen molar-refractivity contribution < 1.29 is 0 Å². The summed E-state index contributed by atoms with van der Waals surface area (Å²) in [7, 11) is 0. The van der Waals surface area contributed by atoms with Crippen molar-refractivity contribution in [2.24, 2.45) is 0 Å². The maximum Gasteiger partial charge on any atom is 0.0720 e. The van der Waals surface area contributed by atoms with Crippen LogP contribution in [0.15, 0.2) is 54.6 Å². The molecule has 2 heteroatoms. The number of fused-ring (bicyclic) bond motifs is 1. The summed E-state index contributed by atoms with van der Waals surface area (Å²) in [6.07, 6.45) is 0. The lowest BCUT2D eigenvalue weighted by atomic mass is 10.0. The normalized spacial score (nSPS) is 10.8. The maximum atomic E-state index is 6.54.